The Labute approximate surface area is 104 Å². The molecule has 0 amide bonds. The quantitative estimate of drug-likeness (QED) is 0.869. The van der Waals surface area contributed by atoms with E-state index in [1.807, 2.05) is 6.07 Å². The van der Waals surface area contributed by atoms with E-state index in [1.54, 1.807) is 11.0 Å². The van der Waals surface area contributed by atoms with Gasteiger partial charge in [0.25, 0.3) is 0 Å². The van der Waals surface area contributed by atoms with Crippen LogP contribution >= 0.6 is 0 Å². The van der Waals surface area contributed by atoms with Crippen molar-refractivity contribution in [2.45, 2.75) is 12.8 Å². The minimum Gasteiger partial charge on any atom is -0.481 e. The molecule has 0 radical (unpaired) electrons. The molecule has 94 valence electrons. The molecule has 4 nitrogen and oxygen atoms in total. The lowest BCUT2D eigenvalue weighted by atomic mass is 9.97. The molecular formula is C13H13FN2O2. The van der Waals surface area contributed by atoms with Gasteiger partial charge in [-0.3, -0.25) is 4.79 Å². The van der Waals surface area contributed by atoms with E-state index in [4.69, 9.17) is 10.4 Å². The van der Waals surface area contributed by atoms with Crippen molar-refractivity contribution in [2.75, 3.05) is 18.0 Å². The predicted molar refractivity (Wildman–Crippen MR) is 63.7 cm³/mol. The number of carboxylic acid groups (broad SMARTS) is 1. The minimum absolute atomic E-state index is 0.267. The fraction of sp³-hybridized carbons (Fsp3) is 0.385. The van der Waals surface area contributed by atoms with Crippen molar-refractivity contribution < 1.29 is 14.3 Å². The number of nitriles is 1. The fourth-order valence-corrected chi connectivity index (χ4v) is 2.23. The first-order valence-corrected chi connectivity index (χ1v) is 5.79. The Morgan fingerprint density at radius 1 is 1.56 bits per heavy atom. The number of piperidine rings is 1. The molecule has 1 aromatic rings. The van der Waals surface area contributed by atoms with Crippen molar-refractivity contribution in [3.8, 4) is 6.07 Å². The highest BCUT2D eigenvalue weighted by atomic mass is 19.1. The highest BCUT2D eigenvalue weighted by molar-refractivity contribution is 5.71. The molecular weight excluding hydrogens is 235 g/mol. The van der Waals surface area contributed by atoms with Gasteiger partial charge < -0.3 is 10.0 Å². The molecule has 0 saturated carbocycles. The molecule has 0 spiro atoms. The summed E-state index contributed by atoms with van der Waals surface area (Å²) in [5.74, 6) is -1.76. The van der Waals surface area contributed by atoms with Gasteiger partial charge >= 0.3 is 5.97 Å². The molecule has 2 rings (SSSR count). The number of nitrogens with zero attached hydrogens (tertiary/aromatic N) is 2. The Balaban J connectivity index is 2.21. The van der Waals surface area contributed by atoms with E-state index in [2.05, 4.69) is 0 Å². The predicted octanol–water partition coefficient (Wildman–Crippen LogP) is 2.00. The zero-order chi connectivity index (χ0) is 13.1. The van der Waals surface area contributed by atoms with Crippen molar-refractivity contribution >= 4 is 11.7 Å². The SMILES string of the molecule is N#Cc1ccc(N2CCCC(C(=O)O)C2)c(F)c1. The van der Waals surface area contributed by atoms with Crippen molar-refractivity contribution in [1.82, 2.24) is 0 Å². The van der Waals surface area contributed by atoms with Crippen LogP contribution in [0, 0.1) is 23.1 Å². The topological polar surface area (TPSA) is 64.3 Å². The second-order valence-electron chi connectivity index (χ2n) is 4.40. The summed E-state index contributed by atoms with van der Waals surface area (Å²) in [4.78, 5) is 12.7. The third kappa shape index (κ3) is 2.43. The van der Waals surface area contributed by atoms with E-state index in [-0.39, 0.29) is 5.56 Å². The maximum Gasteiger partial charge on any atom is 0.308 e. The maximum absolute atomic E-state index is 13.8. The van der Waals surface area contributed by atoms with Crippen LogP contribution in [0.25, 0.3) is 0 Å². The summed E-state index contributed by atoms with van der Waals surface area (Å²) in [7, 11) is 0. The highest BCUT2D eigenvalue weighted by Crippen LogP contribution is 2.26. The standard InChI is InChI=1S/C13H13FN2O2/c14-11-6-9(7-15)3-4-12(11)16-5-1-2-10(8-16)13(17)18/h3-4,6,10H,1-2,5,8H2,(H,17,18). The summed E-state index contributed by atoms with van der Waals surface area (Å²) in [6.07, 6.45) is 1.36. The van der Waals surface area contributed by atoms with Gasteiger partial charge in [0.05, 0.1) is 23.2 Å². The molecule has 1 heterocycles. The van der Waals surface area contributed by atoms with Crippen LogP contribution in [0.3, 0.4) is 0 Å². The van der Waals surface area contributed by atoms with Gasteiger partial charge in [-0.25, -0.2) is 4.39 Å². The monoisotopic (exact) mass is 248 g/mol. The number of carboxylic acids is 1. The number of aliphatic carboxylic acids is 1. The molecule has 1 fully saturated rings. The van der Waals surface area contributed by atoms with E-state index in [0.717, 1.165) is 6.42 Å². The van der Waals surface area contributed by atoms with Crippen molar-refractivity contribution in [3.63, 3.8) is 0 Å². The normalized spacial score (nSPS) is 19.3. The Hall–Kier alpha value is -2.09. The molecule has 0 bridgehead atoms. The number of hydrogen-bond donors (Lipinski definition) is 1. The zero-order valence-corrected chi connectivity index (χ0v) is 9.77. The van der Waals surface area contributed by atoms with E-state index >= 15 is 0 Å². The molecule has 18 heavy (non-hydrogen) atoms. The first-order chi connectivity index (χ1) is 8.61. The van der Waals surface area contributed by atoms with Crippen LogP contribution in [0.4, 0.5) is 10.1 Å². The van der Waals surface area contributed by atoms with Gasteiger partial charge in [-0.05, 0) is 31.0 Å². The van der Waals surface area contributed by atoms with Crippen LogP contribution in [0.1, 0.15) is 18.4 Å². The summed E-state index contributed by atoms with van der Waals surface area (Å²) in [5, 5.41) is 17.7. The minimum atomic E-state index is -0.839. The maximum atomic E-state index is 13.8. The van der Waals surface area contributed by atoms with E-state index in [1.165, 1.54) is 12.1 Å². The Bertz CT molecular complexity index is 510. The summed E-state index contributed by atoms with van der Waals surface area (Å²) in [6.45, 7) is 0.963. The molecule has 5 heteroatoms. The summed E-state index contributed by atoms with van der Waals surface area (Å²) < 4.78 is 13.8. The number of hydrogen-bond acceptors (Lipinski definition) is 3. The first kappa shape index (κ1) is 12.4. The summed E-state index contributed by atoms with van der Waals surface area (Å²) >= 11 is 0. The van der Waals surface area contributed by atoms with Crippen LogP contribution in [-0.2, 0) is 4.79 Å². The van der Waals surface area contributed by atoms with Crippen LogP contribution < -0.4 is 4.90 Å². The molecule has 1 atom stereocenters. The highest BCUT2D eigenvalue weighted by Gasteiger charge is 2.26. The molecule has 1 unspecified atom stereocenters. The van der Waals surface area contributed by atoms with Gasteiger partial charge in [0, 0.05) is 13.1 Å². The second-order valence-corrected chi connectivity index (χ2v) is 4.40. The van der Waals surface area contributed by atoms with Crippen LogP contribution in [-0.4, -0.2) is 24.2 Å². The second kappa shape index (κ2) is 5.05. The smallest absolute Gasteiger partial charge is 0.308 e. The fourth-order valence-electron chi connectivity index (χ4n) is 2.23. The third-order valence-corrected chi connectivity index (χ3v) is 3.19. The van der Waals surface area contributed by atoms with Crippen LogP contribution in [0.15, 0.2) is 18.2 Å². The van der Waals surface area contributed by atoms with Gasteiger partial charge in [-0.15, -0.1) is 0 Å². The summed E-state index contributed by atoms with van der Waals surface area (Å²) in [5.41, 5.74) is 0.642. The van der Waals surface area contributed by atoms with E-state index in [0.29, 0.717) is 25.2 Å². The Morgan fingerprint density at radius 3 is 2.94 bits per heavy atom. The van der Waals surface area contributed by atoms with Crippen molar-refractivity contribution in [1.29, 1.82) is 5.26 Å². The number of halogens is 1. The largest absolute Gasteiger partial charge is 0.481 e. The lowest BCUT2D eigenvalue weighted by molar-refractivity contribution is -0.141. The van der Waals surface area contributed by atoms with Gasteiger partial charge in [0.15, 0.2) is 0 Å². The van der Waals surface area contributed by atoms with Gasteiger partial charge in [-0.1, -0.05) is 0 Å². The van der Waals surface area contributed by atoms with Crippen LogP contribution in [0.2, 0.25) is 0 Å². The molecule has 1 aromatic carbocycles. The van der Waals surface area contributed by atoms with Crippen molar-refractivity contribution in [2.24, 2.45) is 5.92 Å². The molecule has 1 saturated heterocycles. The number of carbonyl (C=O) groups is 1. The van der Waals surface area contributed by atoms with Gasteiger partial charge in [0.1, 0.15) is 5.82 Å². The number of rotatable bonds is 2. The molecule has 1 N–H and O–H groups in total. The molecule has 0 aliphatic carbocycles. The third-order valence-electron chi connectivity index (χ3n) is 3.19. The van der Waals surface area contributed by atoms with E-state index in [9.17, 15) is 9.18 Å². The van der Waals surface area contributed by atoms with Gasteiger partial charge in [-0.2, -0.15) is 5.26 Å². The zero-order valence-electron chi connectivity index (χ0n) is 9.77. The average molecular weight is 248 g/mol. The number of benzene rings is 1. The molecule has 0 aromatic heterocycles. The van der Waals surface area contributed by atoms with Crippen molar-refractivity contribution in [3.05, 3.63) is 29.6 Å². The lowest BCUT2D eigenvalue weighted by Crippen LogP contribution is -2.39. The molecule has 1 aliphatic rings. The first-order valence-electron chi connectivity index (χ1n) is 5.79. The van der Waals surface area contributed by atoms with E-state index < -0.39 is 17.7 Å². The summed E-state index contributed by atoms with van der Waals surface area (Å²) in [6, 6.07) is 6.14. The average Bonchev–Trinajstić information content (AvgIpc) is 2.38. The van der Waals surface area contributed by atoms with Gasteiger partial charge in [0.2, 0.25) is 0 Å². The Morgan fingerprint density at radius 2 is 2.33 bits per heavy atom. The number of anilines is 1. The lowest BCUT2D eigenvalue weighted by Gasteiger charge is -2.32. The Kier molecular flexibility index (Phi) is 3.47. The molecule has 1 aliphatic heterocycles. The van der Waals surface area contributed by atoms with Crippen LogP contribution in [0.5, 0.6) is 0 Å².